The second kappa shape index (κ2) is 43.3. The van der Waals surface area contributed by atoms with Crippen LogP contribution in [0.3, 0.4) is 0 Å². The smallest absolute Gasteiger partial charge is 0.322 e. The van der Waals surface area contributed by atoms with Crippen molar-refractivity contribution in [3.63, 3.8) is 0 Å². The molecule has 0 aromatic carbocycles. The van der Waals surface area contributed by atoms with Crippen LogP contribution in [0.4, 0.5) is 0 Å². The zero-order chi connectivity index (χ0) is 40.8. The predicted octanol–water partition coefficient (Wildman–Crippen LogP) is 13.4. The van der Waals surface area contributed by atoms with Crippen LogP contribution in [0, 0.1) is 0 Å². The highest BCUT2D eigenvalue weighted by Crippen LogP contribution is 2.13. The number of ether oxygens (including phenoxy) is 1. The molecule has 6 nitrogen and oxygen atoms in total. The predicted molar refractivity (Wildman–Crippen MR) is 239 cm³/mol. The molecule has 1 atom stereocenters. The van der Waals surface area contributed by atoms with Gasteiger partial charge >= 0.3 is 11.9 Å². The Morgan fingerprint density at radius 1 is 0.482 bits per heavy atom. The molecule has 0 saturated carbocycles. The van der Waals surface area contributed by atoms with Crippen LogP contribution in [0.15, 0.2) is 134 Å². The Kier molecular flexibility index (Phi) is 39.8. The lowest BCUT2D eigenvalue weighted by molar-refractivity contribution is -0.147. The van der Waals surface area contributed by atoms with E-state index in [0.29, 0.717) is 25.7 Å². The molecule has 2 N–H and O–H groups in total. The lowest BCUT2D eigenvalue weighted by atomic mass is 10.1. The van der Waals surface area contributed by atoms with Crippen molar-refractivity contribution in [3.05, 3.63) is 134 Å². The Labute approximate surface area is 341 Å². The van der Waals surface area contributed by atoms with E-state index in [1.54, 1.807) is 0 Å². The summed E-state index contributed by atoms with van der Waals surface area (Å²) in [5, 5.41) is 11.1. The Bertz CT molecular complexity index is 1300. The first-order valence-electron chi connectivity index (χ1n) is 21.3. The summed E-state index contributed by atoms with van der Waals surface area (Å²) in [6.45, 7) is 3.92. The number of hydrogen-bond donors (Lipinski definition) is 2. The third-order valence-corrected chi connectivity index (χ3v) is 8.30. The largest absolute Gasteiger partial charge is 0.480 e. The van der Waals surface area contributed by atoms with Gasteiger partial charge in [-0.25, -0.2) is 0 Å². The van der Waals surface area contributed by atoms with Gasteiger partial charge in [0, 0.05) is 12.8 Å². The lowest BCUT2D eigenvalue weighted by Gasteiger charge is -2.14. The van der Waals surface area contributed by atoms with E-state index < -0.39 is 5.97 Å². The van der Waals surface area contributed by atoms with Crippen molar-refractivity contribution in [2.45, 2.75) is 155 Å². The average molecular weight is 770 g/mol. The minimum atomic E-state index is -1.06. The fourth-order valence-corrected chi connectivity index (χ4v) is 5.23. The first kappa shape index (κ1) is 51.5. The molecule has 0 aromatic rings. The molecule has 0 bridgehead atoms. The Balaban J connectivity index is 4.33. The third kappa shape index (κ3) is 42.3. The van der Waals surface area contributed by atoms with Crippen LogP contribution in [0.25, 0.3) is 0 Å². The van der Waals surface area contributed by atoms with Crippen molar-refractivity contribution < 1.29 is 24.2 Å². The number of hydrogen-bond acceptors (Lipinski definition) is 4. The molecule has 0 aliphatic rings. The maximum atomic E-state index is 12.7. The third-order valence-electron chi connectivity index (χ3n) is 8.30. The number of amides is 1. The number of esters is 1. The van der Waals surface area contributed by atoms with E-state index in [4.69, 9.17) is 9.84 Å². The monoisotopic (exact) mass is 770 g/mol. The van der Waals surface area contributed by atoms with E-state index in [1.165, 1.54) is 0 Å². The van der Waals surface area contributed by atoms with Gasteiger partial charge in [-0.05, 0) is 115 Å². The number of carbonyl (C=O) groups is 3. The van der Waals surface area contributed by atoms with Crippen LogP contribution in [0.2, 0.25) is 0 Å². The molecule has 6 heteroatoms. The van der Waals surface area contributed by atoms with Gasteiger partial charge in [-0.15, -0.1) is 0 Å². The molecule has 1 amide bonds. The summed E-state index contributed by atoms with van der Waals surface area (Å²) >= 11 is 0. The zero-order valence-corrected chi connectivity index (χ0v) is 34.9. The van der Waals surface area contributed by atoms with Gasteiger partial charge in [-0.1, -0.05) is 154 Å². The van der Waals surface area contributed by atoms with Crippen molar-refractivity contribution in [3.8, 4) is 0 Å². The second-order valence-electron chi connectivity index (χ2n) is 13.5. The molecule has 0 aliphatic heterocycles. The normalized spacial score (nSPS) is 13.5. The van der Waals surface area contributed by atoms with Crippen LogP contribution in [-0.4, -0.2) is 35.6 Å². The van der Waals surface area contributed by atoms with Crippen LogP contribution in [-0.2, 0) is 19.1 Å². The maximum Gasteiger partial charge on any atom is 0.322 e. The fraction of sp³-hybridized carbons (Fsp3) is 0.500. The molecule has 56 heavy (non-hydrogen) atoms. The standard InChI is InChI=1S/C50H75NO5/c1-3-5-7-9-11-13-15-17-19-20-21-22-23-24-25-26-27-29-31-33-35-37-39-45-50(55)56-47(43-40-41-44-48(52)51-46-49(53)54)42-38-36-34-32-30-28-18-16-14-12-10-8-6-4-2/h5-8,11-14,17-19,21-22,24-25,27-29,32,34,38,42,47H,3-4,9-10,15-16,20,23,26,30-31,33,35-37,39-41,43-46H2,1-2H3,(H,51,52)(H,53,54)/b7-5-,8-6-,13-11-,14-12-,19-17-,22-21-,25-24-,28-18-,29-27-,34-32-,42-38-. The number of allylic oxidation sites excluding steroid dienone is 21. The lowest BCUT2D eigenvalue weighted by Crippen LogP contribution is -2.28. The molecule has 0 heterocycles. The Morgan fingerprint density at radius 3 is 1.32 bits per heavy atom. The molecule has 0 radical (unpaired) electrons. The average Bonchev–Trinajstić information content (AvgIpc) is 3.18. The molecule has 0 fully saturated rings. The van der Waals surface area contributed by atoms with Gasteiger partial charge in [0.05, 0.1) is 0 Å². The summed E-state index contributed by atoms with van der Waals surface area (Å²) < 4.78 is 5.82. The summed E-state index contributed by atoms with van der Waals surface area (Å²) in [5.74, 6) is -1.53. The highest BCUT2D eigenvalue weighted by molar-refractivity contribution is 5.81. The van der Waals surface area contributed by atoms with E-state index in [0.717, 1.165) is 103 Å². The van der Waals surface area contributed by atoms with Gasteiger partial charge in [-0.3, -0.25) is 14.4 Å². The van der Waals surface area contributed by atoms with Crippen molar-refractivity contribution >= 4 is 17.8 Å². The molecule has 310 valence electrons. The maximum absolute atomic E-state index is 12.7. The van der Waals surface area contributed by atoms with Crippen LogP contribution >= 0.6 is 0 Å². The van der Waals surface area contributed by atoms with E-state index in [-0.39, 0.29) is 30.9 Å². The first-order valence-corrected chi connectivity index (χ1v) is 21.3. The van der Waals surface area contributed by atoms with Gasteiger partial charge in [-0.2, -0.15) is 0 Å². The molecule has 0 aliphatic carbocycles. The highest BCUT2D eigenvalue weighted by Gasteiger charge is 2.12. The number of nitrogens with one attached hydrogen (secondary N) is 1. The van der Waals surface area contributed by atoms with E-state index >= 15 is 0 Å². The number of rotatable bonds is 36. The molecular formula is C50H75NO5. The number of carboxylic acids is 1. The summed E-state index contributed by atoms with van der Waals surface area (Å²) in [6, 6.07) is 0. The minimum absolute atomic E-state index is 0.188. The molecule has 0 aromatic heterocycles. The Hall–Kier alpha value is -4.45. The topological polar surface area (TPSA) is 92.7 Å². The van der Waals surface area contributed by atoms with E-state index in [9.17, 15) is 14.4 Å². The van der Waals surface area contributed by atoms with Gasteiger partial charge in [0.1, 0.15) is 12.6 Å². The number of carboxylic acid groups (broad SMARTS) is 1. The summed E-state index contributed by atoms with van der Waals surface area (Å²) in [6.07, 6.45) is 65.8. The Morgan fingerprint density at radius 2 is 0.875 bits per heavy atom. The summed E-state index contributed by atoms with van der Waals surface area (Å²) in [4.78, 5) is 35.2. The molecule has 0 saturated heterocycles. The molecule has 0 rings (SSSR count). The van der Waals surface area contributed by atoms with Crippen LogP contribution in [0.5, 0.6) is 0 Å². The van der Waals surface area contributed by atoms with Crippen molar-refractivity contribution in [2.24, 2.45) is 0 Å². The minimum Gasteiger partial charge on any atom is -0.480 e. The number of carbonyl (C=O) groups excluding carboxylic acids is 2. The van der Waals surface area contributed by atoms with Crippen LogP contribution in [0.1, 0.15) is 149 Å². The van der Waals surface area contributed by atoms with Gasteiger partial charge in [0.15, 0.2) is 0 Å². The highest BCUT2D eigenvalue weighted by atomic mass is 16.5. The molecular weight excluding hydrogens is 695 g/mol. The van der Waals surface area contributed by atoms with Crippen molar-refractivity contribution in [1.29, 1.82) is 0 Å². The number of unbranched alkanes of at least 4 members (excludes halogenated alkanes) is 5. The molecule has 0 spiro atoms. The van der Waals surface area contributed by atoms with Crippen LogP contribution < -0.4 is 5.32 Å². The fourth-order valence-electron chi connectivity index (χ4n) is 5.23. The number of aliphatic carboxylic acids is 1. The first-order chi connectivity index (χ1) is 27.5. The summed E-state index contributed by atoms with van der Waals surface area (Å²) in [5.41, 5.74) is 0. The van der Waals surface area contributed by atoms with Gasteiger partial charge in [0.2, 0.25) is 5.91 Å². The summed E-state index contributed by atoms with van der Waals surface area (Å²) in [7, 11) is 0. The second-order valence-corrected chi connectivity index (χ2v) is 13.5. The SMILES string of the molecule is CC/C=C\C/C=C\C/C=C\C/C=C\C/C=C\C/C=C\CCCCCCC(=O)OC(/C=C\C/C=C\C/C=C\C/C=C\C/C=C\CC)CCCCC(=O)NCC(=O)O. The van der Waals surface area contributed by atoms with Gasteiger partial charge in [0.25, 0.3) is 0 Å². The molecule has 1 unspecified atom stereocenters. The van der Waals surface area contributed by atoms with Crippen molar-refractivity contribution in [2.75, 3.05) is 6.54 Å². The van der Waals surface area contributed by atoms with Gasteiger partial charge < -0.3 is 15.2 Å². The zero-order valence-electron chi connectivity index (χ0n) is 34.9. The quantitative estimate of drug-likeness (QED) is 0.0376. The van der Waals surface area contributed by atoms with E-state index in [1.807, 2.05) is 12.2 Å². The van der Waals surface area contributed by atoms with E-state index in [2.05, 4.69) is 141 Å². The van der Waals surface area contributed by atoms with Crippen molar-refractivity contribution in [1.82, 2.24) is 5.32 Å².